The van der Waals surface area contributed by atoms with Crippen LogP contribution in [0.15, 0.2) is 30.3 Å². The van der Waals surface area contributed by atoms with E-state index in [9.17, 15) is 0 Å². The molecule has 0 aromatic heterocycles. The molecule has 2 atom stereocenters. The molecule has 2 saturated heterocycles. The molecule has 0 aliphatic carbocycles. The van der Waals surface area contributed by atoms with Crippen LogP contribution < -0.4 is 5.32 Å². The molecule has 2 aliphatic heterocycles. The van der Waals surface area contributed by atoms with Crippen LogP contribution in [-0.2, 0) is 4.74 Å². The normalized spacial score (nSPS) is 24.8. The van der Waals surface area contributed by atoms with Crippen molar-refractivity contribution in [3.05, 3.63) is 35.9 Å². The number of nitrogens with one attached hydrogen (secondary N) is 1. The molecule has 1 aromatic rings. The standard InChI is InChI=1S/C19H30N2OS/c1-23-15-19(17-5-3-2-4-6-17)20-18-7-10-21(11-8-18)13-16-9-12-22-14-16/h2-6,16,18-20H,7-15H2,1H3/t16-,19+/m1/s1. The Labute approximate surface area is 145 Å². The van der Waals surface area contributed by atoms with E-state index in [2.05, 4.69) is 46.8 Å². The molecule has 0 spiro atoms. The molecule has 128 valence electrons. The van der Waals surface area contributed by atoms with Crippen molar-refractivity contribution in [2.24, 2.45) is 5.92 Å². The van der Waals surface area contributed by atoms with E-state index in [0.29, 0.717) is 12.1 Å². The minimum atomic E-state index is 0.478. The first-order valence-corrected chi connectivity index (χ1v) is 10.3. The Morgan fingerprint density at radius 1 is 1.22 bits per heavy atom. The van der Waals surface area contributed by atoms with Crippen LogP contribution in [0.3, 0.4) is 0 Å². The smallest absolute Gasteiger partial charge is 0.0507 e. The fraction of sp³-hybridized carbons (Fsp3) is 0.684. The van der Waals surface area contributed by atoms with Gasteiger partial charge in [-0.15, -0.1) is 0 Å². The van der Waals surface area contributed by atoms with Crippen LogP contribution in [0, 0.1) is 5.92 Å². The molecule has 4 heteroatoms. The first-order chi connectivity index (χ1) is 11.3. The lowest BCUT2D eigenvalue weighted by Crippen LogP contribution is -2.45. The van der Waals surface area contributed by atoms with Crippen LogP contribution >= 0.6 is 11.8 Å². The fourth-order valence-electron chi connectivity index (χ4n) is 3.75. The highest BCUT2D eigenvalue weighted by Gasteiger charge is 2.25. The molecule has 1 aromatic carbocycles. The molecule has 3 nitrogen and oxygen atoms in total. The van der Waals surface area contributed by atoms with Crippen molar-refractivity contribution in [3.63, 3.8) is 0 Å². The quantitative estimate of drug-likeness (QED) is 0.828. The lowest BCUT2D eigenvalue weighted by molar-refractivity contribution is 0.145. The van der Waals surface area contributed by atoms with Gasteiger partial charge in [-0.1, -0.05) is 30.3 Å². The van der Waals surface area contributed by atoms with Gasteiger partial charge in [-0.3, -0.25) is 0 Å². The summed E-state index contributed by atoms with van der Waals surface area (Å²) in [4.78, 5) is 2.64. The third-order valence-electron chi connectivity index (χ3n) is 5.10. The molecule has 0 saturated carbocycles. The zero-order valence-electron chi connectivity index (χ0n) is 14.2. The molecule has 0 amide bonds. The molecule has 0 unspecified atom stereocenters. The van der Waals surface area contributed by atoms with Gasteiger partial charge in [0.1, 0.15) is 0 Å². The van der Waals surface area contributed by atoms with Gasteiger partial charge in [0.2, 0.25) is 0 Å². The third kappa shape index (κ3) is 5.21. The van der Waals surface area contributed by atoms with Gasteiger partial charge in [0.25, 0.3) is 0 Å². The number of ether oxygens (including phenoxy) is 1. The van der Waals surface area contributed by atoms with Crippen molar-refractivity contribution in [2.75, 3.05) is 44.9 Å². The highest BCUT2D eigenvalue weighted by atomic mass is 32.2. The van der Waals surface area contributed by atoms with Gasteiger partial charge < -0.3 is 15.0 Å². The molecule has 2 fully saturated rings. The number of benzene rings is 1. The average molecular weight is 335 g/mol. The largest absolute Gasteiger partial charge is 0.381 e. The predicted molar refractivity (Wildman–Crippen MR) is 99.1 cm³/mol. The zero-order chi connectivity index (χ0) is 15.9. The Hall–Kier alpha value is -0.550. The second-order valence-corrected chi connectivity index (χ2v) is 7.80. The van der Waals surface area contributed by atoms with Gasteiger partial charge in [-0.05, 0) is 50.1 Å². The van der Waals surface area contributed by atoms with Crippen LogP contribution in [0.4, 0.5) is 0 Å². The predicted octanol–water partition coefficient (Wildman–Crippen LogP) is 3.18. The topological polar surface area (TPSA) is 24.5 Å². The van der Waals surface area contributed by atoms with Crippen LogP contribution in [0.1, 0.15) is 30.9 Å². The second-order valence-electron chi connectivity index (χ2n) is 6.89. The number of likely N-dealkylation sites (tertiary alicyclic amines) is 1. The zero-order valence-corrected chi connectivity index (χ0v) is 15.1. The fourth-order valence-corrected chi connectivity index (χ4v) is 4.37. The highest BCUT2D eigenvalue weighted by molar-refractivity contribution is 7.98. The summed E-state index contributed by atoms with van der Waals surface area (Å²) >= 11 is 1.93. The molecule has 2 aliphatic rings. The van der Waals surface area contributed by atoms with Gasteiger partial charge in [-0.2, -0.15) is 11.8 Å². The number of piperidine rings is 1. The number of thioether (sulfide) groups is 1. The second kappa shape index (κ2) is 9.07. The third-order valence-corrected chi connectivity index (χ3v) is 5.77. The Morgan fingerprint density at radius 3 is 2.65 bits per heavy atom. The van der Waals surface area contributed by atoms with Gasteiger partial charge in [0, 0.05) is 31.0 Å². The lowest BCUT2D eigenvalue weighted by atomic mass is 10.00. The molecular formula is C19H30N2OS. The Balaban J connectivity index is 1.46. The molecule has 2 heterocycles. The maximum absolute atomic E-state index is 5.51. The van der Waals surface area contributed by atoms with Crippen molar-refractivity contribution in [1.29, 1.82) is 0 Å². The van der Waals surface area contributed by atoms with E-state index in [4.69, 9.17) is 4.74 Å². The summed E-state index contributed by atoms with van der Waals surface area (Å²) in [6, 6.07) is 12.0. The van der Waals surface area contributed by atoms with Crippen LogP contribution in [0.25, 0.3) is 0 Å². The van der Waals surface area contributed by atoms with Crippen molar-refractivity contribution in [2.45, 2.75) is 31.3 Å². The molecule has 0 radical (unpaired) electrons. The van der Waals surface area contributed by atoms with E-state index in [1.54, 1.807) is 0 Å². The number of hydrogen-bond acceptors (Lipinski definition) is 4. The van der Waals surface area contributed by atoms with E-state index < -0.39 is 0 Å². The molecular weight excluding hydrogens is 304 g/mol. The van der Waals surface area contributed by atoms with Crippen LogP contribution in [0.5, 0.6) is 0 Å². The van der Waals surface area contributed by atoms with E-state index in [1.165, 1.54) is 44.5 Å². The molecule has 3 rings (SSSR count). The highest BCUT2D eigenvalue weighted by Crippen LogP contribution is 2.22. The van der Waals surface area contributed by atoms with E-state index in [-0.39, 0.29) is 0 Å². The summed E-state index contributed by atoms with van der Waals surface area (Å²) in [6.07, 6.45) is 5.99. The first-order valence-electron chi connectivity index (χ1n) is 8.95. The summed E-state index contributed by atoms with van der Waals surface area (Å²) in [7, 11) is 0. The average Bonchev–Trinajstić information content (AvgIpc) is 3.10. The number of nitrogens with zero attached hydrogens (tertiary/aromatic N) is 1. The minimum absolute atomic E-state index is 0.478. The molecule has 1 N–H and O–H groups in total. The summed E-state index contributed by atoms with van der Waals surface area (Å²) < 4.78 is 5.51. The maximum atomic E-state index is 5.51. The lowest BCUT2D eigenvalue weighted by Gasteiger charge is -2.35. The van der Waals surface area contributed by atoms with E-state index in [0.717, 1.165) is 24.9 Å². The Kier molecular flexibility index (Phi) is 6.81. The summed E-state index contributed by atoms with van der Waals surface area (Å²) in [5.41, 5.74) is 1.42. The van der Waals surface area contributed by atoms with Crippen LogP contribution in [-0.4, -0.2) is 55.8 Å². The summed E-state index contributed by atoms with van der Waals surface area (Å²) in [5.74, 6) is 1.91. The van der Waals surface area contributed by atoms with Gasteiger partial charge in [0.05, 0.1) is 6.61 Å². The Bertz CT molecular complexity index is 442. The van der Waals surface area contributed by atoms with Crippen molar-refractivity contribution >= 4 is 11.8 Å². The van der Waals surface area contributed by atoms with Crippen molar-refractivity contribution < 1.29 is 4.74 Å². The molecule has 0 bridgehead atoms. The van der Waals surface area contributed by atoms with E-state index in [1.807, 2.05) is 11.8 Å². The maximum Gasteiger partial charge on any atom is 0.0507 e. The minimum Gasteiger partial charge on any atom is -0.381 e. The molecule has 23 heavy (non-hydrogen) atoms. The van der Waals surface area contributed by atoms with Crippen LogP contribution in [0.2, 0.25) is 0 Å². The van der Waals surface area contributed by atoms with Gasteiger partial charge in [0.15, 0.2) is 0 Å². The Morgan fingerprint density at radius 2 is 2.00 bits per heavy atom. The van der Waals surface area contributed by atoms with Gasteiger partial charge >= 0.3 is 0 Å². The van der Waals surface area contributed by atoms with E-state index >= 15 is 0 Å². The number of hydrogen-bond donors (Lipinski definition) is 1. The number of rotatable bonds is 7. The monoisotopic (exact) mass is 334 g/mol. The first kappa shape index (κ1) is 17.3. The SMILES string of the molecule is CSC[C@H](NC1CCN(C[C@H]2CCOC2)CC1)c1ccccc1. The van der Waals surface area contributed by atoms with Gasteiger partial charge in [-0.25, -0.2) is 0 Å². The summed E-state index contributed by atoms with van der Waals surface area (Å²) in [6.45, 7) is 5.64. The summed E-state index contributed by atoms with van der Waals surface area (Å²) in [5, 5.41) is 3.92. The van der Waals surface area contributed by atoms with Crippen molar-refractivity contribution in [1.82, 2.24) is 10.2 Å². The van der Waals surface area contributed by atoms with Crippen molar-refractivity contribution in [3.8, 4) is 0 Å².